The van der Waals surface area contributed by atoms with E-state index in [2.05, 4.69) is 15.2 Å². The number of carbonyl (C=O) groups is 2. The number of amides is 1. The number of hydrogen-bond donors (Lipinski definition) is 2. The first-order valence-electron chi connectivity index (χ1n) is 9.76. The summed E-state index contributed by atoms with van der Waals surface area (Å²) in [5.74, 6) is -0.0369. The Hall–Kier alpha value is -2.57. The molecule has 7 nitrogen and oxygen atoms in total. The molecule has 1 aliphatic heterocycles. The number of nitrogens with zero attached hydrogens (tertiary/aromatic N) is 3. The van der Waals surface area contributed by atoms with Crippen molar-refractivity contribution in [3.05, 3.63) is 35.9 Å². The lowest BCUT2D eigenvalue weighted by Crippen LogP contribution is -2.51. The molecule has 1 heterocycles. The summed E-state index contributed by atoms with van der Waals surface area (Å²) in [6.45, 7) is 2.43. The maximum atomic E-state index is 13.1. The second-order valence-electron chi connectivity index (χ2n) is 7.11. The van der Waals surface area contributed by atoms with Crippen molar-refractivity contribution in [2.75, 3.05) is 26.3 Å². The van der Waals surface area contributed by atoms with Crippen molar-refractivity contribution in [2.24, 2.45) is 4.99 Å². The molecule has 0 bridgehead atoms. The van der Waals surface area contributed by atoms with Crippen LogP contribution in [-0.4, -0.2) is 65.1 Å². The van der Waals surface area contributed by atoms with Gasteiger partial charge in [0.05, 0.1) is 13.2 Å². The number of carbonyl (C=O) groups excluding carboxylic acids is 1. The molecule has 0 radical (unpaired) electrons. The lowest BCUT2D eigenvalue weighted by molar-refractivity contribution is -0.137. The summed E-state index contributed by atoms with van der Waals surface area (Å²) in [6.07, 6.45) is 5.08. The third-order valence-electron chi connectivity index (χ3n) is 5.14. The molecule has 1 saturated carbocycles. The van der Waals surface area contributed by atoms with E-state index in [1.54, 1.807) is 17.0 Å². The van der Waals surface area contributed by atoms with Crippen LogP contribution in [0.1, 0.15) is 48.9 Å². The summed E-state index contributed by atoms with van der Waals surface area (Å²) in [6, 6.07) is 9.56. The number of hydrogen-bond acceptors (Lipinski definition) is 5. The highest BCUT2D eigenvalue weighted by Crippen LogP contribution is 2.24. The van der Waals surface area contributed by atoms with Crippen LogP contribution in [0.4, 0.5) is 0 Å². The summed E-state index contributed by atoms with van der Waals surface area (Å²) in [4.78, 5) is 32.5. The van der Waals surface area contributed by atoms with Gasteiger partial charge in [-0.2, -0.15) is 0 Å². The topological polar surface area (TPSA) is 85.2 Å². The second kappa shape index (κ2) is 9.39. The molecular formula is C20H28N4O3. The Balaban J connectivity index is 1.76. The van der Waals surface area contributed by atoms with Crippen molar-refractivity contribution in [3.8, 4) is 0 Å². The minimum absolute atomic E-state index is 0.0567. The summed E-state index contributed by atoms with van der Waals surface area (Å²) >= 11 is 0. The molecule has 146 valence electrons. The normalized spacial score (nSPS) is 16.7. The molecule has 0 atom stereocenters. The molecule has 0 spiro atoms. The van der Waals surface area contributed by atoms with Crippen LogP contribution in [0.2, 0.25) is 0 Å². The average Bonchev–Trinajstić information content (AvgIpc) is 3.38. The number of benzene rings is 1. The van der Waals surface area contributed by atoms with Crippen molar-refractivity contribution in [1.29, 1.82) is 0 Å². The maximum absolute atomic E-state index is 13.1. The molecule has 7 heteroatoms. The molecule has 3 rings (SSSR count). The zero-order valence-corrected chi connectivity index (χ0v) is 15.6. The van der Waals surface area contributed by atoms with Crippen molar-refractivity contribution in [2.45, 2.75) is 44.6 Å². The number of carboxylic acid groups (broad SMARTS) is 1. The zero-order valence-electron chi connectivity index (χ0n) is 15.6. The zero-order chi connectivity index (χ0) is 19.1. The van der Waals surface area contributed by atoms with Gasteiger partial charge in [-0.1, -0.05) is 31.0 Å². The van der Waals surface area contributed by atoms with Gasteiger partial charge in [0.15, 0.2) is 5.96 Å². The molecule has 1 amide bonds. The second-order valence-corrected chi connectivity index (χ2v) is 7.11. The molecule has 1 aromatic rings. The number of aliphatic carboxylic acids is 1. The molecule has 0 unspecified atom stereocenters. The van der Waals surface area contributed by atoms with E-state index in [0.717, 1.165) is 31.9 Å². The van der Waals surface area contributed by atoms with E-state index < -0.39 is 5.97 Å². The van der Waals surface area contributed by atoms with Gasteiger partial charge in [0.1, 0.15) is 0 Å². The van der Waals surface area contributed by atoms with Crippen molar-refractivity contribution in [3.63, 3.8) is 0 Å². The van der Waals surface area contributed by atoms with Crippen LogP contribution < -0.4 is 5.32 Å². The van der Waals surface area contributed by atoms with Gasteiger partial charge in [0.2, 0.25) is 0 Å². The lowest BCUT2D eigenvalue weighted by Gasteiger charge is -2.36. The standard InChI is InChI=1S/C20H28N4O3/c25-18(26)11-6-14-23(19(27)16-7-2-1-3-8-16)15-24(17-9-4-5-10-17)20-21-12-13-22-20/h1-3,7-8,17H,4-6,9-15H2,(H,21,22)(H,25,26). The Morgan fingerprint density at radius 2 is 1.93 bits per heavy atom. The van der Waals surface area contributed by atoms with E-state index >= 15 is 0 Å². The molecule has 27 heavy (non-hydrogen) atoms. The quantitative estimate of drug-likeness (QED) is 0.683. The van der Waals surface area contributed by atoms with E-state index in [-0.39, 0.29) is 12.3 Å². The smallest absolute Gasteiger partial charge is 0.303 e. The minimum atomic E-state index is -0.836. The molecule has 1 fully saturated rings. The number of rotatable bonds is 8. The first-order valence-corrected chi connectivity index (χ1v) is 9.76. The Morgan fingerprint density at radius 1 is 1.19 bits per heavy atom. The van der Waals surface area contributed by atoms with Crippen molar-refractivity contribution in [1.82, 2.24) is 15.1 Å². The van der Waals surface area contributed by atoms with Gasteiger partial charge in [-0.15, -0.1) is 0 Å². The first-order chi connectivity index (χ1) is 13.1. The monoisotopic (exact) mass is 372 g/mol. The highest BCUT2D eigenvalue weighted by atomic mass is 16.4. The van der Waals surface area contributed by atoms with Crippen LogP contribution in [0.5, 0.6) is 0 Å². The molecular weight excluding hydrogens is 344 g/mol. The highest BCUT2D eigenvalue weighted by molar-refractivity contribution is 5.94. The van der Waals surface area contributed by atoms with E-state index in [0.29, 0.717) is 31.2 Å². The van der Waals surface area contributed by atoms with Crippen LogP contribution >= 0.6 is 0 Å². The predicted octanol–water partition coefficient (Wildman–Crippen LogP) is 2.15. The maximum Gasteiger partial charge on any atom is 0.303 e. The molecule has 1 aliphatic carbocycles. The molecule has 0 saturated heterocycles. The number of guanidine groups is 1. The minimum Gasteiger partial charge on any atom is -0.481 e. The summed E-state index contributed by atoms with van der Waals surface area (Å²) < 4.78 is 0. The van der Waals surface area contributed by atoms with E-state index in [9.17, 15) is 9.59 Å². The summed E-state index contributed by atoms with van der Waals surface area (Å²) in [5, 5.41) is 12.3. The highest BCUT2D eigenvalue weighted by Gasteiger charge is 2.29. The van der Waals surface area contributed by atoms with E-state index in [1.807, 2.05) is 18.2 Å². The van der Waals surface area contributed by atoms with Crippen LogP contribution in [0.15, 0.2) is 35.3 Å². The number of nitrogens with one attached hydrogen (secondary N) is 1. The van der Waals surface area contributed by atoms with Gasteiger partial charge in [0.25, 0.3) is 5.91 Å². The molecule has 0 aromatic heterocycles. The van der Waals surface area contributed by atoms with Crippen molar-refractivity contribution >= 4 is 17.8 Å². The lowest BCUT2D eigenvalue weighted by atomic mass is 10.2. The largest absolute Gasteiger partial charge is 0.481 e. The fourth-order valence-electron chi connectivity index (χ4n) is 3.75. The Labute approximate surface area is 160 Å². The fraction of sp³-hybridized carbons (Fsp3) is 0.550. The Kier molecular flexibility index (Phi) is 6.68. The summed E-state index contributed by atoms with van der Waals surface area (Å²) in [5.41, 5.74) is 0.625. The van der Waals surface area contributed by atoms with Gasteiger partial charge < -0.3 is 20.2 Å². The van der Waals surface area contributed by atoms with Crippen LogP contribution in [0, 0.1) is 0 Å². The Morgan fingerprint density at radius 3 is 2.56 bits per heavy atom. The average molecular weight is 372 g/mol. The molecule has 2 aliphatic rings. The molecule has 2 N–H and O–H groups in total. The third-order valence-corrected chi connectivity index (χ3v) is 5.14. The van der Waals surface area contributed by atoms with Gasteiger partial charge in [-0.05, 0) is 31.4 Å². The fourth-order valence-corrected chi connectivity index (χ4v) is 3.75. The first kappa shape index (κ1) is 19.2. The predicted molar refractivity (Wildman–Crippen MR) is 104 cm³/mol. The Bertz CT molecular complexity index is 671. The third kappa shape index (κ3) is 5.21. The van der Waals surface area contributed by atoms with Gasteiger partial charge in [0, 0.05) is 31.1 Å². The van der Waals surface area contributed by atoms with Crippen LogP contribution in [0.25, 0.3) is 0 Å². The van der Waals surface area contributed by atoms with Crippen molar-refractivity contribution < 1.29 is 14.7 Å². The van der Waals surface area contributed by atoms with E-state index in [1.165, 1.54) is 12.8 Å². The molecule has 1 aromatic carbocycles. The SMILES string of the molecule is O=C(O)CCCN(CN(C1=NCCN1)C1CCCC1)C(=O)c1ccccc1. The van der Waals surface area contributed by atoms with Crippen LogP contribution in [-0.2, 0) is 4.79 Å². The summed E-state index contributed by atoms with van der Waals surface area (Å²) in [7, 11) is 0. The van der Waals surface area contributed by atoms with E-state index in [4.69, 9.17) is 5.11 Å². The van der Waals surface area contributed by atoms with Crippen LogP contribution in [0.3, 0.4) is 0 Å². The van der Waals surface area contributed by atoms with Gasteiger partial charge in [-0.3, -0.25) is 14.6 Å². The number of carboxylic acids is 1. The number of aliphatic imine (C=N–C) groups is 1. The van der Waals surface area contributed by atoms with Gasteiger partial charge in [-0.25, -0.2) is 0 Å². The van der Waals surface area contributed by atoms with Gasteiger partial charge >= 0.3 is 5.97 Å².